The number of hydrogen-bond acceptors (Lipinski definition) is 3. The summed E-state index contributed by atoms with van der Waals surface area (Å²) in [5.41, 5.74) is -0.0148. The zero-order valence-electron chi connectivity index (χ0n) is 10.9. The van der Waals surface area contributed by atoms with Crippen molar-refractivity contribution in [1.82, 2.24) is 0 Å². The molecule has 0 amide bonds. The molecule has 5 heteroatoms. The zero-order chi connectivity index (χ0) is 13.9. The fourth-order valence-corrected chi connectivity index (χ4v) is 2.36. The molecule has 0 heterocycles. The topological polar surface area (TPSA) is 55.8 Å². The Morgan fingerprint density at radius 2 is 1.94 bits per heavy atom. The second-order valence-electron chi connectivity index (χ2n) is 4.64. The lowest BCUT2D eigenvalue weighted by molar-refractivity contribution is -0.146. The number of aliphatic carboxylic acids is 1. The number of methoxy groups -OCH3 is 2. The maximum Gasteiger partial charge on any atom is 0.309 e. The van der Waals surface area contributed by atoms with Crippen molar-refractivity contribution in [3.8, 4) is 11.5 Å². The van der Waals surface area contributed by atoms with E-state index in [0.29, 0.717) is 22.4 Å². The molecular weight excluding hydrogens is 300 g/mol. The van der Waals surface area contributed by atoms with E-state index in [1.54, 1.807) is 34.1 Å². The standard InChI is InChI=1S/C13H17BrO4/c1-13(2,12(15)16)7-8-5-6-9(17-3)10(14)11(8)18-4/h5-6H,7H2,1-4H3,(H,15,16). The van der Waals surface area contributed by atoms with Crippen molar-refractivity contribution in [3.63, 3.8) is 0 Å². The third-order valence-electron chi connectivity index (χ3n) is 2.78. The minimum Gasteiger partial charge on any atom is -0.495 e. The van der Waals surface area contributed by atoms with Crippen molar-refractivity contribution in [2.45, 2.75) is 20.3 Å². The van der Waals surface area contributed by atoms with Gasteiger partial charge in [0.2, 0.25) is 0 Å². The highest BCUT2D eigenvalue weighted by Crippen LogP contribution is 2.39. The molecule has 0 atom stereocenters. The summed E-state index contributed by atoms with van der Waals surface area (Å²) in [5, 5.41) is 9.16. The van der Waals surface area contributed by atoms with Crippen LogP contribution < -0.4 is 9.47 Å². The Kier molecular flexibility index (Phi) is 4.62. The summed E-state index contributed by atoms with van der Waals surface area (Å²) in [5.74, 6) is 0.434. The highest BCUT2D eigenvalue weighted by Gasteiger charge is 2.29. The first-order chi connectivity index (χ1) is 8.33. The van der Waals surface area contributed by atoms with Gasteiger partial charge in [0, 0.05) is 0 Å². The predicted molar refractivity (Wildman–Crippen MR) is 72.4 cm³/mol. The highest BCUT2D eigenvalue weighted by molar-refractivity contribution is 9.10. The normalized spacial score (nSPS) is 11.2. The number of rotatable bonds is 5. The maximum atomic E-state index is 11.2. The van der Waals surface area contributed by atoms with Crippen LogP contribution in [0.5, 0.6) is 11.5 Å². The van der Waals surface area contributed by atoms with Crippen LogP contribution in [0.15, 0.2) is 16.6 Å². The van der Waals surface area contributed by atoms with Crippen LogP contribution in [0.2, 0.25) is 0 Å². The van der Waals surface area contributed by atoms with Crippen molar-refractivity contribution < 1.29 is 19.4 Å². The number of hydrogen-bond donors (Lipinski definition) is 1. The van der Waals surface area contributed by atoms with Gasteiger partial charge in [0.05, 0.1) is 19.6 Å². The Labute approximate surface area is 115 Å². The van der Waals surface area contributed by atoms with Gasteiger partial charge < -0.3 is 14.6 Å². The maximum absolute atomic E-state index is 11.2. The van der Waals surface area contributed by atoms with E-state index in [9.17, 15) is 4.79 Å². The summed E-state index contributed by atoms with van der Waals surface area (Å²) in [7, 11) is 3.12. The lowest BCUT2D eigenvalue weighted by Gasteiger charge is -2.21. The molecule has 18 heavy (non-hydrogen) atoms. The van der Waals surface area contributed by atoms with Gasteiger partial charge in [-0.3, -0.25) is 4.79 Å². The number of halogens is 1. The van der Waals surface area contributed by atoms with Crippen molar-refractivity contribution in [2.75, 3.05) is 14.2 Å². The zero-order valence-corrected chi connectivity index (χ0v) is 12.5. The fraction of sp³-hybridized carbons (Fsp3) is 0.462. The van der Waals surface area contributed by atoms with Crippen LogP contribution in [0.25, 0.3) is 0 Å². The lowest BCUT2D eigenvalue weighted by atomic mass is 9.85. The van der Waals surface area contributed by atoms with E-state index in [0.717, 1.165) is 5.56 Å². The largest absolute Gasteiger partial charge is 0.495 e. The lowest BCUT2D eigenvalue weighted by Crippen LogP contribution is -2.26. The molecule has 0 fully saturated rings. The predicted octanol–water partition coefficient (Wildman–Crippen LogP) is 3.12. The van der Waals surface area contributed by atoms with Crippen molar-refractivity contribution in [3.05, 3.63) is 22.2 Å². The third-order valence-corrected chi connectivity index (χ3v) is 3.53. The second kappa shape index (κ2) is 5.61. The average molecular weight is 317 g/mol. The third kappa shape index (κ3) is 2.96. The van der Waals surface area contributed by atoms with Gasteiger partial charge in [-0.05, 0) is 47.8 Å². The molecule has 0 unspecified atom stereocenters. The van der Waals surface area contributed by atoms with Crippen LogP contribution in [0, 0.1) is 5.41 Å². The van der Waals surface area contributed by atoms with Gasteiger partial charge in [-0.25, -0.2) is 0 Å². The molecule has 1 aromatic carbocycles. The van der Waals surface area contributed by atoms with Gasteiger partial charge in [0.1, 0.15) is 16.0 Å². The van der Waals surface area contributed by atoms with E-state index in [-0.39, 0.29) is 0 Å². The molecule has 0 aliphatic heterocycles. The number of carboxylic acids is 1. The van der Waals surface area contributed by atoms with E-state index in [2.05, 4.69) is 15.9 Å². The molecule has 100 valence electrons. The monoisotopic (exact) mass is 316 g/mol. The average Bonchev–Trinajstić information content (AvgIpc) is 2.29. The van der Waals surface area contributed by atoms with E-state index in [1.807, 2.05) is 6.07 Å². The summed E-state index contributed by atoms with van der Waals surface area (Å²) < 4.78 is 11.2. The highest BCUT2D eigenvalue weighted by atomic mass is 79.9. The molecule has 0 aromatic heterocycles. The quantitative estimate of drug-likeness (QED) is 0.906. The Morgan fingerprint density at radius 1 is 1.33 bits per heavy atom. The van der Waals surface area contributed by atoms with Gasteiger partial charge in [-0.1, -0.05) is 6.07 Å². The molecule has 4 nitrogen and oxygen atoms in total. The second-order valence-corrected chi connectivity index (χ2v) is 5.43. The van der Waals surface area contributed by atoms with E-state index < -0.39 is 11.4 Å². The summed E-state index contributed by atoms with van der Waals surface area (Å²) in [6.45, 7) is 3.37. The van der Waals surface area contributed by atoms with Crippen molar-refractivity contribution >= 4 is 21.9 Å². The smallest absolute Gasteiger partial charge is 0.309 e. The van der Waals surface area contributed by atoms with Gasteiger partial charge in [0.15, 0.2) is 0 Å². The molecule has 1 N–H and O–H groups in total. The minimum absolute atomic E-state index is 0.383. The minimum atomic E-state index is -0.846. The molecule has 0 spiro atoms. The van der Waals surface area contributed by atoms with Crippen LogP contribution in [-0.2, 0) is 11.2 Å². The summed E-state index contributed by atoms with van der Waals surface area (Å²) in [6.07, 6.45) is 0.383. The molecule has 0 saturated carbocycles. The molecular formula is C13H17BrO4. The summed E-state index contributed by atoms with van der Waals surface area (Å²) in [4.78, 5) is 11.2. The number of ether oxygens (including phenoxy) is 2. The molecule has 0 aliphatic carbocycles. The summed E-state index contributed by atoms with van der Waals surface area (Å²) >= 11 is 3.40. The van der Waals surface area contributed by atoms with Crippen LogP contribution in [-0.4, -0.2) is 25.3 Å². The van der Waals surface area contributed by atoms with Gasteiger partial charge in [0.25, 0.3) is 0 Å². The van der Waals surface area contributed by atoms with Crippen molar-refractivity contribution in [2.24, 2.45) is 5.41 Å². The van der Waals surface area contributed by atoms with Crippen LogP contribution in [0.4, 0.5) is 0 Å². The first kappa shape index (κ1) is 14.8. The van der Waals surface area contributed by atoms with Crippen LogP contribution >= 0.6 is 15.9 Å². The Hall–Kier alpha value is -1.23. The van der Waals surface area contributed by atoms with Crippen LogP contribution in [0.3, 0.4) is 0 Å². The summed E-state index contributed by atoms with van der Waals surface area (Å²) in [6, 6.07) is 3.62. The van der Waals surface area contributed by atoms with Gasteiger partial charge in [-0.15, -0.1) is 0 Å². The molecule has 0 saturated heterocycles. The first-order valence-electron chi connectivity index (χ1n) is 5.46. The molecule has 1 rings (SSSR count). The Balaban J connectivity index is 3.18. The van der Waals surface area contributed by atoms with E-state index >= 15 is 0 Å². The number of carbonyl (C=O) groups is 1. The SMILES string of the molecule is COc1ccc(CC(C)(C)C(=O)O)c(OC)c1Br. The molecule has 0 bridgehead atoms. The fourth-order valence-electron chi connectivity index (χ4n) is 1.65. The molecule has 1 aromatic rings. The molecule has 0 aliphatic rings. The van der Waals surface area contributed by atoms with E-state index in [4.69, 9.17) is 14.6 Å². The Morgan fingerprint density at radius 3 is 2.39 bits per heavy atom. The van der Waals surface area contributed by atoms with Gasteiger partial charge in [-0.2, -0.15) is 0 Å². The Bertz CT molecular complexity index is 455. The van der Waals surface area contributed by atoms with Gasteiger partial charge >= 0.3 is 5.97 Å². The van der Waals surface area contributed by atoms with Crippen LogP contribution in [0.1, 0.15) is 19.4 Å². The molecule has 0 radical (unpaired) electrons. The number of benzene rings is 1. The first-order valence-corrected chi connectivity index (χ1v) is 6.25. The van der Waals surface area contributed by atoms with Crippen molar-refractivity contribution in [1.29, 1.82) is 0 Å². The van der Waals surface area contributed by atoms with E-state index in [1.165, 1.54) is 0 Å². The number of carboxylic acid groups (broad SMARTS) is 1.